The molecule has 1 aliphatic rings. The molecule has 0 aromatic carbocycles. The Morgan fingerprint density at radius 2 is 1.77 bits per heavy atom. The lowest BCUT2D eigenvalue weighted by molar-refractivity contribution is 0.0701. The Bertz CT molecular complexity index is 309. The minimum Gasteiger partial charge on any atom is -0.444 e. The molecule has 1 amide bonds. The van der Waals surface area contributed by atoms with Gasteiger partial charge in [-0.05, 0) is 34.1 Å². The Kier molecular flexibility index (Phi) is 8.95. The van der Waals surface area contributed by atoms with Crippen molar-refractivity contribution in [3.05, 3.63) is 0 Å². The van der Waals surface area contributed by atoms with Gasteiger partial charge in [-0.1, -0.05) is 0 Å². The number of carbonyl (C=O) groups excluding carboxylic acids is 1. The fourth-order valence-corrected chi connectivity index (χ4v) is 4.72. The van der Waals surface area contributed by atoms with Crippen LogP contribution in [0.15, 0.2) is 0 Å². The predicted molar refractivity (Wildman–Crippen MR) is 83.7 cm³/mol. The van der Waals surface area contributed by atoms with E-state index in [0.29, 0.717) is 39.0 Å². The van der Waals surface area contributed by atoms with E-state index in [4.69, 9.17) is 22.8 Å². The maximum atomic E-state index is 11.6. The fraction of sp³-hybridized carbons (Fsp3) is 0.929. The van der Waals surface area contributed by atoms with Crippen molar-refractivity contribution in [2.45, 2.75) is 52.4 Å². The molecule has 22 heavy (non-hydrogen) atoms. The third-order valence-corrected chi connectivity index (χ3v) is 6.35. The highest BCUT2D eigenvalue weighted by atomic mass is 28.4. The van der Waals surface area contributed by atoms with Crippen molar-refractivity contribution in [3.8, 4) is 0 Å². The van der Waals surface area contributed by atoms with E-state index in [-0.39, 0.29) is 12.2 Å². The first-order chi connectivity index (χ1) is 10.6. The van der Waals surface area contributed by atoms with E-state index in [2.05, 4.69) is 5.32 Å². The lowest BCUT2D eigenvalue weighted by Gasteiger charge is -2.28. The minimum absolute atomic E-state index is 0.0552. The first-order valence-corrected chi connectivity index (χ1v) is 9.98. The van der Waals surface area contributed by atoms with Gasteiger partial charge in [0.15, 0.2) is 0 Å². The van der Waals surface area contributed by atoms with Gasteiger partial charge in [-0.2, -0.15) is 0 Å². The summed E-state index contributed by atoms with van der Waals surface area (Å²) in [5, 5.41) is 2.73. The first-order valence-electron chi connectivity index (χ1n) is 8.04. The number of hydrogen-bond acceptors (Lipinski definition) is 6. The molecule has 0 bridgehead atoms. The lowest BCUT2D eigenvalue weighted by atomic mass is 10.3. The lowest BCUT2D eigenvalue weighted by Crippen LogP contribution is -2.46. The molecule has 1 saturated heterocycles. The Hall–Kier alpha value is -0.673. The molecule has 130 valence electrons. The molecular weight excluding hydrogens is 306 g/mol. The van der Waals surface area contributed by atoms with E-state index in [1.165, 1.54) is 0 Å². The van der Waals surface area contributed by atoms with Gasteiger partial charge in [0, 0.05) is 32.4 Å². The van der Waals surface area contributed by atoms with Crippen molar-refractivity contribution in [1.82, 2.24) is 5.32 Å². The van der Waals surface area contributed by atoms with Gasteiger partial charge in [0.05, 0.1) is 6.61 Å². The van der Waals surface area contributed by atoms with Crippen LogP contribution < -0.4 is 5.32 Å². The average Bonchev–Trinajstić information content (AvgIpc) is 3.29. The van der Waals surface area contributed by atoms with Gasteiger partial charge in [0.2, 0.25) is 0 Å². The summed E-state index contributed by atoms with van der Waals surface area (Å²) in [7, 11) is -2.62. The molecule has 0 radical (unpaired) electrons. The zero-order chi connectivity index (χ0) is 16.4. The molecule has 0 aliphatic carbocycles. The Morgan fingerprint density at radius 3 is 2.23 bits per heavy atom. The Labute approximate surface area is 134 Å². The predicted octanol–water partition coefficient (Wildman–Crippen LogP) is 1.94. The second kappa shape index (κ2) is 10.2. The van der Waals surface area contributed by atoms with Crippen LogP contribution in [0.2, 0.25) is 6.04 Å². The van der Waals surface area contributed by atoms with Crippen LogP contribution in [-0.2, 0) is 22.8 Å². The molecule has 2 atom stereocenters. The van der Waals surface area contributed by atoms with Crippen LogP contribution >= 0.6 is 0 Å². The highest BCUT2D eigenvalue weighted by Gasteiger charge is 2.39. The van der Waals surface area contributed by atoms with Gasteiger partial charge >= 0.3 is 14.9 Å². The van der Waals surface area contributed by atoms with Crippen LogP contribution in [0.25, 0.3) is 0 Å². The van der Waals surface area contributed by atoms with Crippen LogP contribution in [0.1, 0.15) is 34.1 Å². The SMILES string of the molecule is CCO[Si](CCCNC(=O)OC(C)C1CO1)(OCC)OCC. The van der Waals surface area contributed by atoms with Crippen LogP contribution in [-0.4, -0.2) is 60.1 Å². The van der Waals surface area contributed by atoms with E-state index in [1.54, 1.807) is 0 Å². The minimum atomic E-state index is -2.62. The van der Waals surface area contributed by atoms with Crippen molar-refractivity contribution in [3.63, 3.8) is 0 Å². The summed E-state index contributed by atoms with van der Waals surface area (Å²) in [6, 6.07) is 0.671. The summed E-state index contributed by atoms with van der Waals surface area (Å²) in [6.45, 7) is 10.4. The molecule has 0 aromatic rings. The summed E-state index contributed by atoms with van der Waals surface area (Å²) in [5.41, 5.74) is 0. The molecule has 0 saturated carbocycles. The number of amides is 1. The number of nitrogens with one attached hydrogen (secondary N) is 1. The largest absolute Gasteiger partial charge is 0.500 e. The normalized spacial score (nSPS) is 18.8. The summed E-state index contributed by atoms with van der Waals surface area (Å²) < 4.78 is 27.5. The smallest absolute Gasteiger partial charge is 0.444 e. The number of alkyl carbamates (subject to hydrolysis) is 1. The molecule has 0 spiro atoms. The number of epoxide rings is 1. The second-order valence-electron chi connectivity index (χ2n) is 4.99. The molecule has 1 N–H and O–H groups in total. The highest BCUT2D eigenvalue weighted by molar-refractivity contribution is 6.60. The maximum Gasteiger partial charge on any atom is 0.500 e. The summed E-state index contributed by atoms with van der Waals surface area (Å²) in [6.07, 6.45) is 0.151. The molecule has 2 unspecified atom stereocenters. The topological polar surface area (TPSA) is 78.6 Å². The van der Waals surface area contributed by atoms with Gasteiger partial charge in [-0.25, -0.2) is 4.79 Å². The van der Waals surface area contributed by atoms with Crippen LogP contribution in [0.5, 0.6) is 0 Å². The second-order valence-corrected chi connectivity index (χ2v) is 7.73. The molecule has 0 aromatic heterocycles. The molecule has 1 rings (SSSR count). The van der Waals surface area contributed by atoms with Crippen molar-refractivity contribution in [2.75, 3.05) is 33.0 Å². The number of carbonyl (C=O) groups is 1. The molecule has 7 nitrogen and oxygen atoms in total. The zero-order valence-electron chi connectivity index (χ0n) is 14.1. The molecule has 1 heterocycles. The maximum absolute atomic E-state index is 11.6. The monoisotopic (exact) mass is 335 g/mol. The first kappa shape index (κ1) is 19.4. The van der Waals surface area contributed by atoms with Crippen LogP contribution in [0, 0.1) is 0 Å². The van der Waals surface area contributed by atoms with Crippen molar-refractivity contribution >= 4 is 14.9 Å². The third kappa shape index (κ3) is 7.06. The molecular formula is C14H29NO6Si. The van der Waals surface area contributed by atoms with Crippen molar-refractivity contribution < 1.29 is 27.5 Å². The highest BCUT2D eigenvalue weighted by Crippen LogP contribution is 2.18. The molecule has 1 aliphatic heterocycles. The summed E-state index contributed by atoms with van der Waals surface area (Å²) in [4.78, 5) is 11.6. The Morgan fingerprint density at radius 1 is 1.23 bits per heavy atom. The fourth-order valence-electron chi connectivity index (χ4n) is 2.11. The standard InChI is InChI=1S/C14H29NO6Si/c1-5-18-22(19-6-2,20-7-3)10-8-9-15-14(16)21-12(4)13-11-17-13/h12-13H,5-11H2,1-4H3,(H,15,16). The average molecular weight is 335 g/mol. The van der Waals surface area contributed by atoms with E-state index >= 15 is 0 Å². The van der Waals surface area contributed by atoms with Gasteiger partial charge in [0.25, 0.3) is 0 Å². The van der Waals surface area contributed by atoms with Gasteiger partial charge in [-0.3, -0.25) is 0 Å². The number of rotatable bonds is 12. The van der Waals surface area contributed by atoms with Gasteiger partial charge in [-0.15, -0.1) is 0 Å². The van der Waals surface area contributed by atoms with Gasteiger partial charge in [0.1, 0.15) is 12.2 Å². The number of hydrogen-bond donors (Lipinski definition) is 1. The zero-order valence-corrected chi connectivity index (χ0v) is 15.1. The van der Waals surface area contributed by atoms with E-state index < -0.39 is 14.9 Å². The molecule has 1 fully saturated rings. The van der Waals surface area contributed by atoms with Crippen LogP contribution in [0.4, 0.5) is 4.79 Å². The van der Waals surface area contributed by atoms with E-state index in [0.717, 1.165) is 6.42 Å². The Balaban J connectivity index is 2.26. The number of ether oxygens (including phenoxy) is 2. The van der Waals surface area contributed by atoms with Crippen molar-refractivity contribution in [2.24, 2.45) is 0 Å². The summed E-state index contributed by atoms with van der Waals surface area (Å²) in [5.74, 6) is 0. The van der Waals surface area contributed by atoms with E-state index in [1.807, 2.05) is 27.7 Å². The van der Waals surface area contributed by atoms with E-state index in [9.17, 15) is 4.79 Å². The third-order valence-electron chi connectivity index (χ3n) is 3.20. The van der Waals surface area contributed by atoms with Crippen molar-refractivity contribution in [1.29, 1.82) is 0 Å². The molecule has 8 heteroatoms. The quantitative estimate of drug-likeness (QED) is 0.334. The van der Waals surface area contributed by atoms with Gasteiger partial charge < -0.3 is 28.1 Å². The summed E-state index contributed by atoms with van der Waals surface area (Å²) >= 11 is 0. The van der Waals surface area contributed by atoms with Crippen LogP contribution in [0.3, 0.4) is 0 Å².